The minimum atomic E-state index is -0.847. The number of hydrogen-bond donors (Lipinski definition) is 1. The maximum Gasteiger partial charge on any atom is 0.265 e. The summed E-state index contributed by atoms with van der Waals surface area (Å²) in [6.45, 7) is 1.56. The van der Waals surface area contributed by atoms with Crippen molar-refractivity contribution in [3.63, 3.8) is 0 Å². The number of methoxy groups -OCH3 is 2. The number of nitrogens with one attached hydrogen (secondary N) is 1. The Morgan fingerprint density at radius 3 is 2.50 bits per heavy atom. The average Bonchev–Trinajstić information content (AvgIpc) is 2.57. The molecule has 2 rings (SSSR count). The first kappa shape index (κ1) is 17.9. The normalized spacial score (nSPS) is 11.5. The predicted octanol–water partition coefficient (Wildman–Crippen LogP) is 3.90. The van der Waals surface area contributed by atoms with Crippen LogP contribution < -0.4 is 19.5 Å². The standard InChI is InChI=1S/C17H17ClFNO4/c1-10(24-15-7-4-11(19)8-13(15)18)17(21)20-14-6-5-12(22-2)9-16(14)23-3/h4-10H,1-3H3,(H,20,21). The highest BCUT2D eigenvalue weighted by atomic mass is 35.5. The van der Waals surface area contributed by atoms with Gasteiger partial charge in [-0.1, -0.05) is 11.6 Å². The number of halogens is 2. The number of carbonyl (C=O) groups excluding carboxylic acids is 1. The quantitative estimate of drug-likeness (QED) is 0.855. The molecular formula is C17H17ClFNO4. The van der Waals surface area contributed by atoms with Crippen molar-refractivity contribution in [3.8, 4) is 17.2 Å². The molecule has 24 heavy (non-hydrogen) atoms. The van der Waals surface area contributed by atoms with Crippen molar-refractivity contribution in [2.45, 2.75) is 13.0 Å². The lowest BCUT2D eigenvalue weighted by atomic mass is 10.2. The molecular weight excluding hydrogens is 337 g/mol. The summed E-state index contributed by atoms with van der Waals surface area (Å²) in [4.78, 5) is 12.3. The summed E-state index contributed by atoms with van der Waals surface area (Å²) in [5.41, 5.74) is 0.476. The van der Waals surface area contributed by atoms with Crippen molar-refractivity contribution in [1.29, 1.82) is 0 Å². The number of benzene rings is 2. The van der Waals surface area contributed by atoms with Crippen LogP contribution in [0.1, 0.15) is 6.92 Å². The summed E-state index contributed by atoms with van der Waals surface area (Å²) in [5.74, 6) is 0.399. The fourth-order valence-electron chi connectivity index (χ4n) is 1.95. The van der Waals surface area contributed by atoms with E-state index in [1.54, 1.807) is 25.1 Å². The molecule has 2 aromatic carbocycles. The molecule has 0 aliphatic heterocycles. The number of anilines is 1. The highest BCUT2D eigenvalue weighted by Crippen LogP contribution is 2.30. The highest BCUT2D eigenvalue weighted by Gasteiger charge is 2.18. The van der Waals surface area contributed by atoms with Crippen molar-refractivity contribution in [3.05, 3.63) is 47.2 Å². The second-order valence-electron chi connectivity index (χ2n) is 4.89. The van der Waals surface area contributed by atoms with Crippen molar-refractivity contribution in [1.82, 2.24) is 0 Å². The molecule has 0 aromatic heterocycles. The van der Waals surface area contributed by atoms with Crippen LogP contribution >= 0.6 is 11.6 Å². The highest BCUT2D eigenvalue weighted by molar-refractivity contribution is 6.32. The molecule has 0 heterocycles. The molecule has 0 spiro atoms. The zero-order valence-corrected chi connectivity index (χ0v) is 14.2. The van der Waals surface area contributed by atoms with Gasteiger partial charge in [0, 0.05) is 6.07 Å². The van der Waals surface area contributed by atoms with Gasteiger partial charge in [0.15, 0.2) is 6.10 Å². The molecule has 0 bridgehead atoms. The van der Waals surface area contributed by atoms with Gasteiger partial charge in [-0.05, 0) is 37.3 Å². The van der Waals surface area contributed by atoms with Gasteiger partial charge in [-0.15, -0.1) is 0 Å². The molecule has 1 N–H and O–H groups in total. The van der Waals surface area contributed by atoms with E-state index in [0.717, 1.165) is 6.07 Å². The van der Waals surface area contributed by atoms with Gasteiger partial charge in [-0.3, -0.25) is 4.79 Å². The molecule has 0 aliphatic carbocycles. The number of amides is 1. The summed E-state index contributed by atoms with van der Waals surface area (Å²) in [6, 6.07) is 8.70. The third kappa shape index (κ3) is 4.29. The third-order valence-electron chi connectivity index (χ3n) is 3.23. The summed E-state index contributed by atoms with van der Waals surface area (Å²) >= 11 is 5.89. The molecule has 0 saturated carbocycles. The van der Waals surface area contributed by atoms with Gasteiger partial charge < -0.3 is 19.5 Å². The Kier molecular flexibility index (Phi) is 5.87. The Morgan fingerprint density at radius 2 is 1.88 bits per heavy atom. The minimum Gasteiger partial charge on any atom is -0.497 e. The van der Waals surface area contributed by atoms with E-state index in [1.165, 1.54) is 26.4 Å². The van der Waals surface area contributed by atoms with Crippen LogP contribution in [0.4, 0.5) is 10.1 Å². The van der Waals surface area contributed by atoms with Crippen molar-refractivity contribution >= 4 is 23.2 Å². The minimum absolute atomic E-state index is 0.0941. The maximum absolute atomic E-state index is 13.0. The SMILES string of the molecule is COc1ccc(NC(=O)C(C)Oc2ccc(F)cc2Cl)c(OC)c1. The van der Waals surface area contributed by atoms with E-state index in [9.17, 15) is 9.18 Å². The summed E-state index contributed by atoms with van der Waals surface area (Å²) in [7, 11) is 3.03. The molecule has 7 heteroatoms. The van der Waals surface area contributed by atoms with Crippen LogP contribution in [-0.4, -0.2) is 26.2 Å². The zero-order chi connectivity index (χ0) is 17.7. The topological polar surface area (TPSA) is 56.8 Å². The van der Waals surface area contributed by atoms with E-state index in [-0.39, 0.29) is 10.8 Å². The number of hydrogen-bond acceptors (Lipinski definition) is 4. The Bertz CT molecular complexity index is 739. The Morgan fingerprint density at radius 1 is 1.12 bits per heavy atom. The lowest BCUT2D eigenvalue weighted by Crippen LogP contribution is -2.30. The Labute approximate surface area is 144 Å². The summed E-state index contributed by atoms with van der Waals surface area (Å²) in [5, 5.41) is 2.80. The van der Waals surface area contributed by atoms with Crippen LogP contribution in [0.5, 0.6) is 17.2 Å². The first-order valence-electron chi connectivity index (χ1n) is 7.09. The maximum atomic E-state index is 13.0. The molecule has 1 unspecified atom stereocenters. The van der Waals surface area contributed by atoms with Crippen molar-refractivity contribution < 1.29 is 23.4 Å². The number of carbonyl (C=O) groups is 1. The molecule has 5 nitrogen and oxygen atoms in total. The first-order chi connectivity index (χ1) is 11.4. The second-order valence-corrected chi connectivity index (χ2v) is 5.30. The molecule has 128 valence electrons. The molecule has 0 radical (unpaired) electrons. The van der Waals surface area contributed by atoms with Gasteiger partial charge in [0.05, 0.1) is 24.9 Å². The summed E-state index contributed by atoms with van der Waals surface area (Å²) < 4.78 is 28.8. The second kappa shape index (κ2) is 7.88. The van der Waals surface area contributed by atoms with E-state index in [1.807, 2.05) is 0 Å². The molecule has 2 aromatic rings. The van der Waals surface area contributed by atoms with Gasteiger partial charge in [-0.25, -0.2) is 4.39 Å². The van der Waals surface area contributed by atoms with Gasteiger partial charge in [0.2, 0.25) is 0 Å². The molecule has 0 aliphatic rings. The fourth-order valence-corrected chi connectivity index (χ4v) is 2.16. The van der Waals surface area contributed by atoms with Crippen molar-refractivity contribution in [2.24, 2.45) is 0 Å². The third-order valence-corrected chi connectivity index (χ3v) is 3.53. The molecule has 0 fully saturated rings. The van der Waals surface area contributed by atoms with Crippen LogP contribution in [0.2, 0.25) is 5.02 Å². The Hall–Kier alpha value is -2.47. The molecule has 1 amide bonds. The molecule has 0 saturated heterocycles. The largest absolute Gasteiger partial charge is 0.497 e. The van der Waals surface area contributed by atoms with Crippen LogP contribution in [0.15, 0.2) is 36.4 Å². The van der Waals surface area contributed by atoms with E-state index in [0.29, 0.717) is 17.2 Å². The number of rotatable bonds is 6. The predicted molar refractivity (Wildman–Crippen MR) is 89.7 cm³/mol. The average molecular weight is 354 g/mol. The fraction of sp³-hybridized carbons (Fsp3) is 0.235. The Balaban J connectivity index is 2.08. The van der Waals surface area contributed by atoms with Gasteiger partial charge in [-0.2, -0.15) is 0 Å². The smallest absolute Gasteiger partial charge is 0.265 e. The monoisotopic (exact) mass is 353 g/mol. The van der Waals surface area contributed by atoms with E-state index in [4.69, 9.17) is 25.8 Å². The van der Waals surface area contributed by atoms with Crippen LogP contribution in [0.25, 0.3) is 0 Å². The molecule has 1 atom stereocenters. The van der Waals surface area contributed by atoms with Crippen molar-refractivity contribution in [2.75, 3.05) is 19.5 Å². The van der Waals surface area contributed by atoms with Crippen LogP contribution in [-0.2, 0) is 4.79 Å². The lowest BCUT2D eigenvalue weighted by molar-refractivity contribution is -0.122. The zero-order valence-electron chi connectivity index (χ0n) is 13.4. The van der Waals surface area contributed by atoms with Crippen LogP contribution in [0, 0.1) is 5.82 Å². The van der Waals surface area contributed by atoms with E-state index < -0.39 is 17.8 Å². The van der Waals surface area contributed by atoms with Crippen LogP contribution in [0.3, 0.4) is 0 Å². The van der Waals surface area contributed by atoms with Gasteiger partial charge in [0.1, 0.15) is 23.1 Å². The van der Waals surface area contributed by atoms with E-state index >= 15 is 0 Å². The lowest BCUT2D eigenvalue weighted by Gasteiger charge is -2.17. The van der Waals surface area contributed by atoms with E-state index in [2.05, 4.69) is 5.32 Å². The van der Waals surface area contributed by atoms with Gasteiger partial charge >= 0.3 is 0 Å². The summed E-state index contributed by atoms with van der Waals surface area (Å²) in [6.07, 6.45) is -0.847. The van der Waals surface area contributed by atoms with Gasteiger partial charge in [0.25, 0.3) is 5.91 Å². The number of ether oxygens (including phenoxy) is 3. The first-order valence-corrected chi connectivity index (χ1v) is 7.47.